The summed E-state index contributed by atoms with van der Waals surface area (Å²) in [5.41, 5.74) is 4.22. The molecule has 4 heterocycles. The van der Waals surface area contributed by atoms with Crippen LogP contribution in [0.2, 0.25) is 0 Å². The average molecular weight is 363 g/mol. The number of hydrogen-bond acceptors (Lipinski definition) is 5. The molecule has 2 amide bonds. The molecule has 2 aliphatic heterocycles. The van der Waals surface area contributed by atoms with Crippen LogP contribution in [0.15, 0.2) is 41.1 Å². The number of nitrogens with one attached hydrogen (secondary N) is 2. The normalized spacial score (nSPS) is 18.6. The molecule has 8 nitrogen and oxygen atoms in total. The van der Waals surface area contributed by atoms with E-state index in [0.717, 1.165) is 22.5 Å². The molecule has 0 fully saturated rings. The number of benzene rings is 1. The summed E-state index contributed by atoms with van der Waals surface area (Å²) in [4.78, 5) is 27.1. The van der Waals surface area contributed by atoms with Gasteiger partial charge in [-0.05, 0) is 11.6 Å². The third kappa shape index (κ3) is 2.61. The van der Waals surface area contributed by atoms with Crippen LogP contribution in [-0.4, -0.2) is 38.6 Å². The highest BCUT2D eigenvalue weighted by molar-refractivity contribution is 6.01. The zero-order valence-electron chi connectivity index (χ0n) is 14.4. The largest absolute Gasteiger partial charge is 0.355 e. The van der Waals surface area contributed by atoms with E-state index in [1.165, 1.54) is 0 Å². The van der Waals surface area contributed by atoms with Crippen LogP contribution >= 0.6 is 0 Å². The van der Waals surface area contributed by atoms with Gasteiger partial charge in [0.25, 0.3) is 0 Å². The maximum atomic E-state index is 13.3. The van der Waals surface area contributed by atoms with Crippen molar-refractivity contribution in [2.45, 2.75) is 25.3 Å². The maximum Gasteiger partial charge on any atom is 0.231 e. The van der Waals surface area contributed by atoms with Crippen molar-refractivity contribution in [1.82, 2.24) is 20.3 Å². The Morgan fingerprint density at radius 1 is 1.26 bits per heavy atom. The van der Waals surface area contributed by atoms with E-state index in [0.29, 0.717) is 31.0 Å². The van der Waals surface area contributed by atoms with Crippen LogP contribution < -0.4 is 5.32 Å². The molecule has 27 heavy (non-hydrogen) atoms. The predicted molar refractivity (Wildman–Crippen MR) is 95.6 cm³/mol. The number of carbonyl (C=O) groups excluding carboxylic acids is 2. The van der Waals surface area contributed by atoms with Crippen LogP contribution in [0.1, 0.15) is 29.2 Å². The number of nitrogens with zero attached hydrogens (tertiary/aromatic N) is 3. The van der Waals surface area contributed by atoms with Gasteiger partial charge >= 0.3 is 0 Å². The van der Waals surface area contributed by atoms with Gasteiger partial charge in [0, 0.05) is 48.9 Å². The second-order valence-corrected chi connectivity index (χ2v) is 6.81. The lowest BCUT2D eigenvalue weighted by Crippen LogP contribution is -2.41. The van der Waals surface area contributed by atoms with Gasteiger partial charge in [-0.25, -0.2) is 0 Å². The molecule has 0 radical (unpaired) electrons. The summed E-state index contributed by atoms with van der Waals surface area (Å²) in [6.07, 6.45) is 2.42. The smallest absolute Gasteiger partial charge is 0.231 e. The molecule has 0 saturated carbocycles. The van der Waals surface area contributed by atoms with Gasteiger partial charge in [-0.3, -0.25) is 14.7 Å². The van der Waals surface area contributed by atoms with E-state index in [2.05, 4.69) is 20.7 Å². The van der Waals surface area contributed by atoms with E-state index in [1.807, 2.05) is 24.3 Å². The van der Waals surface area contributed by atoms with E-state index in [1.54, 1.807) is 17.2 Å². The van der Waals surface area contributed by atoms with Gasteiger partial charge < -0.3 is 14.7 Å². The molecule has 0 saturated heterocycles. The molecule has 2 aromatic heterocycles. The lowest BCUT2D eigenvalue weighted by atomic mass is 9.88. The van der Waals surface area contributed by atoms with E-state index < -0.39 is 5.92 Å². The van der Waals surface area contributed by atoms with E-state index in [-0.39, 0.29) is 18.2 Å². The Balaban J connectivity index is 1.45. The minimum atomic E-state index is -0.461. The summed E-state index contributed by atoms with van der Waals surface area (Å²) < 4.78 is 5.23. The van der Waals surface area contributed by atoms with Crippen molar-refractivity contribution in [3.63, 3.8) is 0 Å². The van der Waals surface area contributed by atoms with Gasteiger partial charge in [-0.2, -0.15) is 5.10 Å². The second-order valence-electron chi connectivity index (χ2n) is 6.81. The maximum absolute atomic E-state index is 13.3. The molecule has 1 atom stereocenters. The molecule has 5 rings (SSSR count). The number of H-pyrrole nitrogens is 1. The Bertz CT molecular complexity index is 1020. The fourth-order valence-corrected chi connectivity index (χ4v) is 3.88. The van der Waals surface area contributed by atoms with Gasteiger partial charge in [0.05, 0.1) is 12.1 Å². The zero-order valence-corrected chi connectivity index (χ0v) is 14.4. The minimum Gasteiger partial charge on any atom is -0.355 e. The van der Waals surface area contributed by atoms with Gasteiger partial charge in [-0.1, -0.05) is 23.4 Å². The molecule has 3 aromatic rings. The third-order valence-electron chi connectivity index (χ3n) is 5.21. The van der Waals surface area contributed by atoms with Crippen LogP contribution in [0.4, 0.5) is 5.69 Å². The number of carbonyl (C=O) groups is 2. The van der Waals surface area contributed by atoms with Gasteiger partial charge in [-0.15, -0.1) is 0 Å². The standard InChI is InChI=1S/C19H17N5O3/c25-17-9-12(11-3-1-2-4-14(11)21-17)19(26)24-8-6-15-13(10-24)18(23-22-15)16-5-7-20-27-16/h1-5,7,12H,6,8-10H2,(H,21,25)(H,22,23). The number of aromatic amines is 1. The highest BCUT2D eigenvalue weighted by Gasteiger charge is 2.35. The Morgan fingerprint density at radius 2 is 2.15 bits per heavy atom. The van der Waals surface area contributed by atoms with Crippen molar-refractivity contribution >= 4 is 17.5 Å². The van der Waals surface area contributed by atoms with Gasteiger partial charge in [0.1, 0.15) is 5.69 Å². The van der Waals surface area contributed by atoms with Crippen molar-refractivity contribution in [3.8, 4) is 11.5 Å². The van der Waals surface area contributed by atoms with Crippen LogP contribution in [0, 0.1) is 0 Å². The average Bonchev–Trinajstić information content (AvgIpc) is 3.35. The molecule has 0 aliphatic carbocycles. The molecule has 2 N–H and O–H groups in total. The number of anilines is 1. The fraction of sp³-hybridized carbons (Fsp3) is 0.263. The number of amides is 2. The number of hydrogen-bond donors (Lipinski definition) is 2. The van der Waals surface area contributed by atoms with Crippen LogP contribution in [0.5, 0.6) is 0 Å². The molecular weight excluding hydrogens is 346 g/mol. The predicted octanol–water partition coefficient (Wildman–Crippen LogP) is 2.08. The van der Waals surface area contributed by atoms with E-state index >= 15 is 0 Å². The molecule has 1 aromatic carbocycles. The Kier molecular flexibility index (Phi) is 3.56. The molecule has 0 spiro atoms. The van der Waals surface area contributed by atoms with Crippen LogP contribution in [0.25, 0.3) is 11.5 Å². The molecule has 8 heteroatoms. The number of aromatic nitrogens is 3. The van der Waals surface area contributed by atoms with Crippen LogP contribution in [-0.2, 0) is 22.6 Å². The summed E-state index contributed by atoms with van der Waals surface area (Å²) in [7, 11) is 0. The monoisotopic (exact) mass is 363 g/mol. The van der Waals surface area contributed by atoms with Gasteiger partial charge in [0.15, 0.2) is 5.76 Å². The first kappa shape index (κ1) is 15.8. The lowest BCUT2D eigenvalue weighted by molar-refractivity contribution is -0.135. The lowest BCUT2D eigenvalue weighted by Gasteiger charge is -2.32. The van der Waals surface area contributed by atoms with Crippen molar-refractivity contribution < 1.29 is 14.1 Å². The van der Waals surface area contributed by atoms with E-state index in [4.69, 9.17) is 4.52 Å². The highest BCUT2D eigenvalue weighted by Crippen LogP contribution is 2.35. The van der Waals surface area contributed by atoms with Crippen molar-refractivity contribution in [2.24, 2.45) is 0 Å². The van der Waals surface area contributed by atoms with Crippen molar-refractivity contribution in [1.29, 1.82) is 0 Å². The molecule has 2 aliphatic rings. The first-order valence-electron chi connectivity index (χ1n) is 8.85. The molecular formula is C19H17N5O3. The second kappa shape index (κ2) is 6.08. The number of rotatable bonds is 2. The number of para-hydroxylation sites is 1. The Hall–Kier alpha value is -3.42. The van der Waals surface area contributed by atoms with Crippen molar-refractivity contribution in [2.75, 3.05) is 11.9 Å². The quantitative estimate of drug-likeness (QED) is 0.725. The molecule has 136 valence electrons. The first-order valence-corrected chi connectivity index (χ1v) is 8.85. The first-order chi connectivity index (χ1) is 13.2. The minimum absolute atomic E-state index is 0.0346. The summed E-state index contributed by atoms with van der Waals surface area (Å²) in [6.45, 7) is 1.02. The zero-order chi connectivity index (χ0) is 18.4. The highest BCUT2D eigenvalue weighted by atomic mass is 16.5. The van der Waals surface area contributed by atoms with Crippen LogP contribution in [0.3, 0.4) is 0 Å². The summed E-state index contributed by atoms with van der Waals surface area (Å²) >= 11 is 0. The Morgan fingerprint density at radius 3 is 3.00 bits per heavy atom. The number of fused-ring (bicyclic) bond motifs is 2. The summed E-state index contributed by atoms with van der Waals surface area (Å²) in [5, 5.41) is 13.9. The third-order valence-corrected chi connectivity index (χ3v) is 5.21. The molecule has 1 unspecified atom stereocenters. The molecule has 0 bridgehead atoms. The summed E-state index contributed by atoms with van der Waals surface area (Å²) in [6, 6.07) is 9.24. The topological polar surface area (TPSA) is 104 Å². The fourth-order valence-electron chi connectivity index (χ4n) is 3.88. The van der Waals surface area contributed by atoms with E-state index in [9.17, 15) is 9.59 Å². The Labute approximate surface area is 154 Å². The SMILES string of the molecule is O=C1CC(C(=O)N2CCc3[nH]nc(-c4ccno4)c3C2)c2ccccc2N1. The van der Waals surface area contributed by atoms with Gasteiger partial charge in [0.2, 0.25) is 11.8 Å². The van der Waals surface area contributed by atoms with Crippen molar-refractivity contribution in [3.05, 3.63) is 53.3 Å². The summed E-state index contributed by atoms with van der Waals surface area (Å²) in [5.74, 6) is -0.0515.